The summed E-state index contributed by atoms with van der Waals surface area (Å²) >= 11 is 0. The Bertz CT molecular complexity index is 2730. The molecule has 0 radical (unpaired) electrons. The van der Waals surface area contributed by atoms with Gasteiger partial charge in [-0.1, -0.05) is 44.4 Å². The Labute approximate surface area is 573 Å². The monoisotopic (exact) mass is 1420 g/mol. The van der Waals surface area contributed by atoms with Gasteiger partial charge in [-0.15, -0.1) is 0 Å². The normalized spacial score (nSPS) is 39.6. The lowest BCUT2D eigenvalue weighted by Gasteiger charge is -2.52. The van der Waals surface area contributed by atoms with Crippen molar-refractivity contribution in [3.05, 3.63) is 42.0 Å². The topological polar surface area (TPSA) is 510 Å². The van der Waals surface area contributed by atoms with Crippen molar-refractivity contribution in [2.75, 3.05) is 46.8 Å². The van der Waals surface area contributed by atoms with Gasteiger partial charge in [-0.2, -0.15) is 0 Å². The van der Waals surface area contributed by atoms with E-state index in [2.05, 4.69) is 45.7 Å². The van der Waals surface area contributed by atoms with E-state index in [1.165, 1.54) is 39.0 Å². The number of aliphatic hydroxyl groups excluding tert-OH is 13. The van der Waals surface area contributed by atoms with Crippen LogP contribution in [0, 0.1) is 11.8 Å². The van der Waals surface area contributed by atoms with E-state index in [1.54, 1.807) is 12.1 Å². The fourth-order valence-electron chi connectivity index (χ4n) is 13.7. The first-order valence-corrected chi connectivity index (χ1v) is 33.9. The van der Waals surface area contributed by atoms with Crippen molar-refractivity contribution in [2.24, 2.45) is 11.8 Å². The fraction of sp³-hybridized carbons (Fsp3) is 0.800. The summed E-state index contributed by atoms with van der Waals surface area (Å²) in [6.45, 7) is 4.46. The molecule has 1 aromatic carbocycles. The summed E-state index contributed by atoms with van der Waals surface area (Å²) in [6, 6.07) is -1.68. The molecule has 30 atom stereocenters. The van der Waals surface area contributed by atoms with E-state index in [0.29, 0.717) is 18.8 Å². The second-order valence-corrected chi connectivity index (χ2v) is 26.3. The molecule has 7 rings (SSSR count). The van der Waals surface area contributed by atoms with Gasteiger partial charge in [0, 0.05) is 65.4 Å². The minimum absolute atomic E-state index is 0.0639. The smallest absolute Gasteiger partial charge is 0.251 e. The number of aliphatic hydroxyl groups is 13. The third-order valence-corrected chi connectivity index (χ3v) is 18.9. The largest absolute Gasteiger partial charge is 0.494 e. The van der Waals surface area contributed by atoms with Crippen LogP contribution >= 0.6 is 0 Å². The van der Waals surface area contributed by atoms with Crippen molar-refractivity contribution in [1.29, 1.82) is 0 Å². The quantitative estimate of drug-likeness (QED) is 0.0236. The third-order valence-electron chi connectivity index (χ3n) is 18.9. The van der Waals surface area contributed by atoms with Crippen molar-refractivity contribution in [1.82, 2.24) is 26.6 Å². The second kappa shape index (κ2) is 38.6. The maximum Gasteiger partial charge on any atom is 0.251 e. The van der Waals surface area contributed by atoms with Crippen LogP contribution in [0.25, 0.3) is 0 Å². The van der Waals surface area contributed by atoms with E-state index in [9.17, 15) is 90.4 Å². The van der Waals surface area contributed by atoms with Crippen LogP contribution in [-0.4, -0.2) is 314 Å². The Hall–Kier alpha value is -4.81. The van der Waals surface area contributed by atoms with Gasteiger partial charge in [0.2, 0.25) is 23.6 Å². The third kappa shape index (κ3) is 21.0. The van der Waals surface area contributed by atoms with E-state index < -0.39 is 246 Å². The zero-order valence-corrected chi connectivity index (χ0v) is 56.7. The first kappa shape index (κ1) is 81.5. The number of ether oxygens (including phenoxy) is 11. The van der Waals surface area contributed by atoms with Crippen LogP contribution in [0.1, 0.15) is 110 Å². The number of amides is 5. The first-order chi connectivity index (χ1) is 47.2. The number of carbonyl (C=O) groups excluding carboxylic acids is 5. The molecule has 4 heterocycles. The van der Waals surface area contributed by atoms with Gasteiger partial charge in [0.15, 0.2) is 25.2 Å². The Morgan fingerprint density at radius 3 is 1.58 bits per heavy atom. The molecule has 99 heavy (non-hydrogen) atoms. The molecule has 0 bridgehead atoms. The average molecular weight is 1420 g/mol. The molecule has 15 unspecified atom stereocenters. The number of hydrogen-bond donors (Lipinski definition) is 18. The lowest BCUT2D eigenvalue weighted by atomic mass is 9.77. The Morgan fingerprint density at radius 1 is 0.505 bits per heavy atom. The van der Waals surface area contributed by atoms with Gasteiger partial charge in [-0.3, -0.25) is 24.0 Å². The predicted octanol–water partition coefficient (Wildman–Crippen LogP) is -5.39. The molecule has 2 aliphatic carbocycles. The van der Waals surface area contributed by atoms with E-state index >= 15 is 0 Å². The number of benzene rings is 1. The number of carbonyl (C=O) groups is 5. The van der Waals surface area contributed by atoms with Crippen LogP contribution < -0.4 is 31.3 Å². The minimum atomic E-state index is -1.97. The van der Waals surface area contributed by atoms with Crippen LogP contribution in [0.2, 0.25) is 0 Å². The lowest BCUT2D eigenvalue weighted by molar-refractivity contribution is -0.342. The van der Waals surface area contributed by atoms with Crippen molar-refractivity contribution in [3.63, 3.8) is 0 Å². The minimum Gasteiger partial charge on any atom is -0.494 e. The SMILES string of the molecule is CCCCCC/C=C\CCCOc1cccc(C(=O)N[C@@H]2C(O[C@H]3C(O)C(NC(C)=O)C(OC4C(CO)C[C@@H](O[C@H]5C(O)C(NC(C)=O)C(OC6C(CO[C@@H]7OC(C)C(O)[C@H](O)[C@H]7OC)OC(O)[C@@H](NC(C)=O)[C@H]6O)C[C@H]5CO)[C@@H](NC(C)=O)[C@H]4O)O[C@H]3CO)OC(CO)[C@@H](O)[C@@H]2O)c1. The molecule has 4 aliphatic heterocycles. The molecule has 34 nitrogen and oxygen atoms in total. The molecule has 5 amide bonds. The number of unbranched alkanes of at least 4 members (excludes halogenated alkanes) is 5. The number of allylic oxidation sites excluding steroid dienone is 2. The molecule has 6 fully saturated rings. The average Bonchev–Trinajstić information content (AvgIpc) is 0.771. The second-order valence-electron chi connectivity index (χ2n) is 26.3. The number of rotatable bonds is 32. The molecule has 34 heteroatoms. The number of methoxy groups -OCH3 is 1. The van der Waals surface area contributed by atoms with Crippen LogP contribution in [0.15, 0.2) is 36.4 Å². The van der Waals surface area contributed by atoms with Gasteiger partial charge in [0.05, 0.1) is 69.0 Å². The van der Waals surface area contributed by atoms with Crippen molar-refractivity contribution < 1.29 is 142 Å². The Kier molecular flexibility index (Phi) is 31.8. The molecular weight excluding hydrogens is 1310 g/mol. The molecule has 18 N–H and O–H groups in total. The molecular formula is C65H105N5O29. The molecule has 0 spiro atoms. The highest BCUT2D eigenvalue weighted by atomic mass is 16.7. The summed E-state index contributed by atoms with van der Waals surface area (Å²) in [4.78, 5) is 65.4. The molecule has 0 aromatic heterocycles. The van der Waals surface area contributed by atoms with E-state index in [1.807, 2.05) is 0 Å². The van der Waals surface area contributed by atoms with Crippen LogP contribution in [0.5, 0.6) is 5.75 Å². The highest BCUT2D eigenvalue weighted by Crippen LogP contribution is 2.40. The Balaban J connectivity index is 1.07. The molecule has 6 aliphatic rings. The maximum absolute atomic E-state index is 14.0. The van der Waals surface area contributed by atoms with Gasteiger partial charge in [-0.25, -0.2) is 0 Å². The number of hydrogen-bond acceptors (Lipinski definition) is 29. The first-order valence-electron chi connectivity index (χ1n) is 33.9. The van der Waals surface area contributed by atoms with E-state index in [-0.39, 0.29) is 18.4 Å². The summed E-state index contributed by atoms with van der Waals surface area (Å²) in [7, 11) is 1.23. The fourth-order valence-corrected chi connectivity index (χ4v) is 13.7. The van der Waals surface area contributed by atoms with Gasteiger partial charge in [0.1, 0.15) is 109 Å². The van der Waals surface area contributed by atoms with E-state index in [4.69, 9.17) is 52.1 Å². The Morgan fingerprint density at radius 2 is 1.01 bits per heavy atom. The number of nitrogens with one attached hydrogen (secondary N) is 5. The summed E-state index contributed by atoms with van der Waals surface area (Å²) in [5, 5.41) is 160. The zero-order valence-electron chi connectivity index (χ0n) is 56.7. The van der Waals surface area contributed by atoms with Crippen molar-refractivity contribution >= 4 is 29.5 Å². The predicted molar refractivity (Wildman–Crippen MR) is 340 cm³/mol. The van der Waals surface area contributed by atoms with E-state index in [0.717, 1.165) is 53.4 Å². The van der Waals surface area contributed by atoms with Gasteiger partial charge >= 0.3 is 0 Å². The summed E-state index contributed by atoms with van der Waals surface area (Å²) in [5.74, 6) is -5.67. The highest BCUT2D eigenvalue weighted by molar-refractivity contribution is 5.94. The summed E-state index contributed by atoms with van der Waals surface area (Å²) < 4.78 is 66.7. The summed E-state index contributed by atoms with van der Waals surface area (Å²) in [6.07, 6.45) is -26.1. The highest BCUT2D eigenvalue weighted by Gasteiger charge is 2.58. The summed E-state index contributed by atoms with van der Waals surface area (Å²) in [5.41, 5.74) is 0.0639. The standard InChI is InChI=1S/C65H105N5O29/c1-8-9-10-11-12-13-14-15-16-20-90-37-19-17-18-34(21-37)61(87)70-46-50(81)49(80)40(26-73)96-63(46)99-58-41(27-74)97-64(47(54(58)85)69-33(6)78)98-57-36(25-72)23-38(43(52(57)83)66-30(3)75)93-56-35(24-71)22-39(44(51(56)82)67-31(4)76)94-59-42(95-62(88)45(53(59)84)68-32(5)77)28-91-65-60(89-7)55(86)48(79)29(2)92-65/h13-14,17-19,21,29,35-36,38-60,62-65,71-74,79-86,88H,8-12,15-16,20,22-28H2,1-7H3,(H,66,75)(H,67,76)(H,68,77)(H,69,78)(H,70,87)/b14-13-/t29?,35-,36?,38+,39?,40?,41-,42?,43+,44?,45-,46-,47?,48?,49+,50+,51?,52+,53+,54?,55-,56+,57?,58+,59?,60+,62?,63?,64?,65+/m0/s1. The van der Waals surface area contributed by atoms with Gasteiger partial charge in [0.25, 0.3) is 5.91 Å². The van der Waals surface area contributed by atoms with Gasteiger partial charge < -0.3 is 145 Å². The van der Waals surface area contributed by atoms with Crippen LogP contribution in [0.4, 0.5) is 0 Å². The maximum atomic E-state index is 14.0. The molecule has 2 saturated carbocycles. The van der Waals surface area contributed by atoms with Crippen LogP contribution in [0.3, 0.4) is 0 Å². The van der Waals surface area contributed by atoms with Crippen molar-refractivity contribution in [2.45, 2.75) is 271 Å². The zero-order chi connectivity index (χ0) is 72.5. The molecule has 1 aromatic rings. The van der Waals surface area contributed by atoms with Crippen molar-refractivity contribution in [3.8, 4) is 5.75 Å². The van der Waals surface area contributed by atoms with Crippen LogP contribution in [-0.2, 0) is 66.5 Å². The molecule has 4 saturated heterocycles. The molecule has 564 valence electrons. The van der Waals surface area contributed by atoms with Gasteiger partial charge in [-0.05, 0) is 63.6 Å². The lowest BCUT2D eigenvalue weighted by Crippen LogP contribution is -2.70.